The summed E-state index contributed by atoms with van der Waals surface area (Å²) in [5.41, 5.74) is 0.518. The number of ketones is 1. The molecule has 0 saturated heterocycles. The van der Waals surface area contributed by atoms with Crippen LogP contribution in [0.15, 0.2) is 0 Å². The maximum Gasteiger partial charge on any atom is 0.139 e. The molecule has 0 heterocycles. The molecule has 0 radical (unpaired) electrons. The summed E-state index contributed by atoms with van der Waals surface area (Å²) in [7, 11) is 0. The van der Waals surface area contributed by atoms with Crippen LogP contribution >= 0.6 is 0 Å². The Morgan fingerprint density at radius 1 is 1.06 bits per heavy atom. The van der Waals surface area contributed by atoms with Gasteiger partial charge in [-0.2, -0.15) is 0 Å². The van der Waals surface area contributed by atoms with Gasteiger partial charge < -0.3 is 0 Å². The van der Waals surface area contributed by atoms with Crippen LogP contribution in [-0.2, 0) is 4.79 Å². The molecular weight excluding hydrogens is 220 g/mol. The second-order valence-electron chi connectivity index (χ2n) is 7.95. The lowest BCUT2D eigenvalue weighted by Crippen LogP contribution is -2.40. The maximum atomic E-state index is 12.5. The van der Waals surface area contributed by atoms with Crippen molar-refractivity contribution in [1.82, 2.24) is 0 Å². The topological polar surface area (TPSA) is 17.1 Å². The number of Topliss-reactive ketones (excluding diaryl/α,β-unsaturated/α-hetero) is 1. The van der Waals surface area contributed by atoms with Crippen LogP contribution < -0.4 is 0 Å². The van der Waals surface area contributed by atoms with Crippen molar-refractivity contribution in [2.45, 2.75) is 59.8 Å². The van der Waals surface area contributed by atoms with Crippen LogP contribution in [0.5, 0.6) is 0 Å². The van der Waals surface area contributed by atoms with E-state index in [0.717, 1.165) is 30.1 Å². The molecule has 3 aliphatic rings. The van der Waals surface area contributed by atoms with Crippen molar-refractivity contribution in [3.8, 4) is 0 Å². The van der Waals surface area contributed by atoms with Gasteiger partial charge in [0.25, 0.3) is 0 Å². The molecule has 0 spiro atoms. The minimum atomic E-state index is 0.339. The summed E-state index contributed by atoms with van der Waals surface area (Å²) in [5, 5.41) is 0. The summed E-state index contributed by atoms with van der Waals surface area (Å²) in [6.07, 6.45) is 6.34. The smallest absolute Gasteiger partial charge is 0.139 e. The van der Waals surface area contributed by atoms with Gasteiger partial charge in [0, 0.05) is 11.8 Å². The van der Waals surface area contributed by atoms with Crippen LogP contribution in [0.3, 0.4) is 0 Å². The van der Waals surface area contributed by atoms with Gasteiger partial charge in [-0.3, -0.25) is 4.79 Å². The summed E-state index contributed by atoms with van der Waals surface area (Å²) in [4.78, 5) is 12.5. The highest BCUT2D eigenvalue weighted by atomic mass is 16.1. The molecule has 0 amide bonds. The Labute approximate surface area is 112 Å². The molecule has 0 aromatic heterocycles. The molecule has 6 unspecified atom stereocenters. The lowest BCUT2D eigenvalue weighted by Gasteiger charge is -2.43. The highest BCUT2D eigenvalue weighted by molar-refractivity contribution is 5.84. The molecule has 6 atom stereocenters. The molecule has 102 valence electrons. The van der Waals surface area contributed by atoms with Gasteiger partial charge >= 0.3 is 0 Å². The normalized spacial score (nSPS) is 50.8. The average Bonchev–Trinajstić information content (AvgIpc) is 2.83. The number of hydrogen-bond acceptors (Lipinski definition) is 1. The summed E-state index contributed by atoms with van der Waals surface area (Å²) >= 11 is 0. The first-order valence-electron chi connectivity index (χ1n) is 7.96. The number of carbonyl (C=O) groups excluding carboxylic acids is 1. The van der Waals surface area contributed by atoms with Crippen molar-refractivity contribution in [3.63, 3.8) is 0 Å². The van der Waals surface area contributed by atoms with Crippen LogP contribution in [-0.4, -0.2) is 5.78 Å². The molecule has 0 aromatic rings. The molecule has 1 nitrogen and oxygen atoms in total. The molecule has 0 aromatic carbocycles. The summed E-state index contributed by atoms with van der Waals surface area (Å²) in [6.45, 7) is 9.48. The molecule has 0 N–H and O–H groups in total. The van der Waals surface area contributed by atoms with Crippen LogP contribution in [0.2, 0.25) is 0 Å². The Morgan fingerprint density at radius 2 is 1.72 bits per heavy atom. The van der Waals surface area contributed by atoms with Gasteiger partial charge in [-0.05, 0) is 54.8 Å². The molecule has 2 bridgehead atoms. The van der Waals surface area contributed by atoms with Crippen molar-refractivity contribution in [1.29, 1.82) is 0 Å². The standard InChI is InChI=1S/C17H28O/c1-10-6-5-7-13(16(10)18)15-9-12-8-14(15)11(2)17(12,3)4/h10-15H,5-9H2,1-4H3. The average molecular weight is 248 g/mol. The quantitative estimate of drug-likeness (QED) is 0.676. The van der Waals surface area contributed by atoms with Gasteiger partial charge in [-0.1, -0.05) is 34.1 Å². The Morgan fingerprint density at radius 3 is 2.33 bits per heavy atom. The van der Waals surface area contributed by atoms with E-state index in [1.165, 1.54) is 25.7 Å². The third kappa shape index (κ3) is 1.62. The Bertz CT molecular complexity index is 353. The van der Waals surface area contributed by atoms with Crippen LogP contribution in [0.25, 0.3) is 0 Å². The fourth-order valence-corrected chi connectivity index (χ4v) is 5.39. The second-order valence-corrected chi connectivity index (χ2v) is 7.95. The first kappa shape index (κ1) is 12.7. The molecular formula is C17H28O. The molecule has 3 fully saturated rings. The van der Waals surface area contributed by atoms with Gasteiger partial charge in [0.1, 0.15) is 5.78 Å². The minimum Gasteiger partial charge on any atom is -0.299 e. The zero-order chi connectivity index (χ0) is 13.1. The van der Waals surface area contributed by atoms with Crippen molar-refractivity contribution < 1.29 is 4.79 Å². The second kappa shape index (κ2) is 4.08. The van der Waals surface area contributed by atoms with Gasteiger partial charge in [-0.15, -0.1) is 0 Å². The van der Waals surface area contributed by atoms with Gasteiger partial charge in [0.05, 0.1) is 0 Å². The lowest BCUT2D eigenvalue weighted by atomic mass is 9.61. The van der Waals surface area contributed by atoms with E-state index >= 15 is 0 Å². The predicted molar refractivity (Wildman–Crippen MR) is 74.2 cm³/mol. The van der Waals surface area contributed by atoms with Crippen molar-refractivity contribution >= 4 is 5.78 Å². The maximum absolute atomic E-state index is 12.5. The third-order valence-electron chi connectivity index (χ3n) is 7.05. The number of fused-ring (bicyclic) bond motifs is 2. The highest BCUT2D eigenvalue weighted by Gasteiger charge is 2.57. The summed E-state index contributed by atoms with van der Waals surface area (Å²) in [6, 6.07) is 0. The molecule has 3 saturated carbocycles. The minimum absolute atomic E-state index is 0.339. The Hall–Kier alpha value is -0.330. The zero-order valence-corrected chi connectivity index (χ0v) is 12.4. The SMILES string of the molecule is CC1CCCC(C2CC3CC2C(C)C3(C)C)C1=O. The summed E-state index contributed by atoms with van der Waals surface area (Å²) < 4.78 is 0. The van der Waals surface area contributed by atoms with E-state index in [-0.39, 0.29) is 0 Å². The molecule has 0 aliphatic heterocycles. The van der Waals surface area contributed by atoms with Crippen LogP contribution in [0, 0.1) is 40.9 Å². The lowest BCUT2D eigenvalue weighted by molar-refractivity contribution is -0.132. The number of rotatable bonds is 1. The van der Waals surface area contributed by atoms with Gasteiger partial charge in [0.2, 0.25) is 0 Å². The van der Waals surface area contributed by atoms with Crippen LogP contribution in [0.1, 0.15) is 59.8 Å². The fraction of sp³-hybridized carbons (Fsp3) is 0.941. The van der Waals surface area contributed by atoms with Crippen LogP contribution in [0.4, 0.5) is 0 Å². The van der Waals surface area contributed by atoms with E-state index < -0.39 is 0 Å². The Kier molecular flexibility index (Phi) is 2.88. The van der Waals surface area contributed by atoms with Crippen molar-refractivity contribution in [2.75, 3.05) is 0 Å². The van der Waals surface area contributed by atoms with Crippen molar-refractivity contribution in [3.05, 3.63) is 0 Å². The van der Waals surface area contributed by atoms with Gasteiger partial charge in [-0.25, -0.2) is 0 Å². The largest absolute Gasteiger partial charge is 0.299 e. The van der Waals surface area contributed by atoms with Crippen molar-refractivity contribution in [2.24, 2.45) is 40.9 Å². The predicted octanol–water partition coefficient (Wildman–Crippen LogP) is 4.31. The summed E-state index contributed by atoms with van der Waals surface area (Å²) in [5.74, 6) is 4.62. The van der Waals surface area contributed by atoms with Gasteiger partial charge in [0.15, 0.2) is 0 Å². The first-order valence-corrected chi connectivity index (χ1v) is 7.96. The molecule has 18 heavy (non-hydrogen) atoms. The first-order chi connectivity index (χ1) is 8.43. The zero-order valence-electron chi connectivity index (χ0n) is 12.4. The molecule has 1 heteroatoms. The molecule has 3 rings (SSSR count). The van der Waals surface area contributed by atoms with E-state index in [1.807, 2.05) is 0 Å². The highest BCUT2D eigenvalue weighted by Crippen LogP contribution is 2.63. The van der Waals surface area contributed by atoms with E-state index in [9.17, 15) is 4.79 Å². The third-order valence-corrected chi connectivity index (χ3v) is 7.05. The van der Waals surface area contributed by atoms with E-state index in [2.05, 4.69) is 27.7 Å². The monoisotopic (exact) mass is 248 g/mol. The Balaban J connectivity index is 1.78. The van der Waals surface area contributed by atoms with E-state index in [1.54, 1.807) is 0 Å². The number of hydrogen-bond donors (Lipinski definition) is 0. The fourth-order valence-electron chi connectivity index (χ4n) is 5.39. The molecule has 3 aliphatic carbocycles. The van der Waals surface area contributed by atoms with E-state index in [0.29, 0.717) is 23.0 Å². The van der Waals surface area contributed by atoms with E-state index in [4.69, 9.17) is 0 Å². The number of carbonyl (C=O) groups is 1.